The van der Waals surface area contributed by atoms with Gasteiger partial charge >= 0.3 is 5.97 Å². The number of nitrogens with two attached hydrogens (primary N) is 1. The summed E-state index contributed by atoms with van der Waals surface area (Å²) in [6.45, 7) is 0.618. The van der Waals surface area contributed by atoms with Gasteiger partial charge in [-0.3, -0.25) is 43.2 Å². The summed E-state index contributed by atoms with van der Waals surface area (Å²) >= 11 is 0. The molecule has 0 radical (unpaired) electrons. The van der Waals surface area contributed by atoms with Gasteiger partial charge in [0.25, 0.3) is 0 Å². The number of carbonyl (C=O) groups excluding carboxylic acids is 8. The summed E-state index contributed by atoms with van der Waals surface area (Å²) in [5, 5.41) is 30.0. The second-order valence-electron chi connectivity index (χ2n) is 24.0. The Hall–Kier alpha value is -11.7. The number of unbranched alkanes of at least 4 members (excludes halogenated alkanes) is 2. The minimum atomic E-state index is -1.60. The van der Waals surface area contributed by atoms with Crippen LogP contribution < -0.4 is 42.5 Å². The molecule has 0 bridgehead atoms. The van der Waals surface area contributed by atoms with E-state index < -0.39 is 84.5 Å². The summed E-state index contributed by atoms with van der Waals surface area (Å²) in [5.74, 6) is 0.0120. The third-order valence-corrected chi connectivity index (χ3v) is 17.4. The van der Waals surface area contributed by atoms with Crippen molar-refractivity contribution in [2.75, 3.05) is 11.4 Å². The SMILES string of the molecule is NC(=O)[C@H](Cc1c[nH]c2ccccc12)NC(=O)[C@H](Cc1c[nH]c2ccccc12)NC(=O)[C@H](CCC(=O)O)NC(=O)[C@H](Cc1c[nH]c2ccccc12)NC(=O)[C@H](Cc1c[nH]c2ccccc12)NC(=O)CCCCCNC(=O)CCC(=O)N1Cc2ccccc2C#Cc2ccccc21. The van der Waals surface area contributed by atoms with Crippen LogP contribution in [0.25, 0.3) is 43.6 Å². The van der Waals surface area contributed by atoms with E-state index in [4.69, 9.17) is 5.73 Å². The molecule has 10 aromatic rings. The zero-order chi connectivity index (χ0) is 67.1. The van der Waals surface area contributed by atoms with Crippen molar-refractivity contribution in [3.8, 4) is 11.8 Å². The molecular formula is C74H74N12O10. The van der Waals surface area contributed by atoms with E-state index in [0.29, 0.717) is 60.3 Å². The summed E-state index contributed by atoms with van der Waals surface area (Å²) in [5.41, 5.74) is 14.8. The van der Waals surface area contributed by atoms with E-state index in [9.17, 15) is 38.7 Å². The van der Waals surface area contributed by atoms with Crippen LogP contribution >= 0.6 is 0 Å². The van der Waals surface area contributed by atoms with Crippen molar-refractivity contribution in [2.24, 2.45) is 5.73 Å². The first-order chi connectivity index (χ1) is 46.6. The Morgan fingerprint density at radius 1 is 0.438 bits per heavy atom. The van der Waals surface area contributed by atoms with Crippen LogP contribution in [0.2, 0.25) is 0 Å². The molecule has 0 saturated heterocycles. The lowest BCUT2D eigenvalue weighted by Gasteiger charge is -2.27. The average Bonchev–Trinajstić information content (AvgIpc) is 0.906. The Balaban J connectivity index is 0.767. The number of anilines is 1. The topological polar surface area (TPSA) is 338 Å². The van der Waals surface area contributed by atoms with Gasteiger partial charge in [0, 0.05) is 137 Å². The fourth-order valence-electron chi connectivity index (χ4n) is 12.3. The van der Waals surface area contributed by atoms with Crippen LogP contribution in [-0.4, -0.2) is 115 Å². The molecule has 5 atom stereocenters. The number of aromatic amines is 4. The van der Waals surface area contributed by atoms with E-state index >= 15 is 9.59 Å². The molecule has 0 aliphatic carbocycles. The minimum absolute atomic E-state index is 0.00606. The molecule has 0 unspecified atom stereocenters. The van der Waals surface area contributed by atoms with E-state index in [0.717, 1.165) is 60.3 Å². The predicted molar refractivity (Wildman–Crippen MR) is 364 cm³/mol. The fourth-order valence-corrected chi connectivity index (χ4v) is 12.3. The number of hydrogen-bond donors (Lipinski definition) is 12. The van der Waals surface area contributed by atoms with Gasteiger partial charge in [-0.1, -0.05) is 121 Å². The largest absolute Gasteiger partial charge is 0.481 e. The number of benzene rings is 6. The first kappa shape index (κ1) is 65.8. The van der Waals surface area contributed by atoms with E-state index in [2.05, 4.69) is 63.7 Å². The molecule has 13 N–H and O–H groups in total. The predicted octanol–water partition coefficient (Wildman–Crippen LogP) is 7.06. The highest BCUT2D eigenvalue weighted by atomic mass is 16.4. The maximum absolute atomic E-state index is 15.1. The molecule has 1 aliphatic rings. The number of rotatable bonds is 30. The van der Waals surface area contributed by atoms with Gasteiger partial charge in [-0.05, 0) is 89.5 Å². The molecule has 22 nitrogen and oxygen atoms in total. The molecule has 0 saturated carbocycles. The maximum atomic E-state index is 15.1. The van der Waals surface area contributed by atoms with Gasteiger partial charge in [-0.25, -0.2) is 0 Å². The number of hydrogen-bond acceptors (Lipinski definition) is 9. The quantitative estimate of drug-likeness (QED) is 0.0161. The molecular weight excluding hydrogens is 1220 g/mol. The molecule has 22 heteroatoms. The molecule has 4 aromatic heterocycles. The number of carboxylic acids is 1. The second-order valence-corrected chi connectivity index (χ2v) is 24.0. The van der Waals surface area contributed by atoms with Crippen molar-refractivity contribution in [2.45, 2.75) is 114 Å². The van der Waals surface area contributed by atoms with E-state index in [1.807, 2.05) is 146 Å². The Bertz CT molecular complexity index is 4610. The van der Waals surface area contributed by atoms with Crippen molar-refractivity contribution >= 4 is 103 Å². The smallest absolute Gasteiger partial charge is 0.303 e. The number of amides is 8. The highest BCUT2D eigenvalue weighted by Gasteiger charge is 2.35. The van der Waals surface area contributed by atoms with Crippen LogP contribution in [0.1, 0.15) is 90.3 Å². The monoisotopic (exact) mass is 1290 g/mol. The van der Waals surface area contributed by atoms with Crippen molar-refractivity contribution in [1.82, 2.24) is 51.8 Å². The van der Waals surface area contributed by atoms with Gasteiger partial charge in [0.05, 0.1) is 12.2 Å². The maximum Gasteiger partial charge on any atom is 0.303 e. The number of H-pyrrole nitrogens is 4. The second kappa shape index (κ2) is 30.8. The van der Waals surface area contributed by atoms with Crippen molar-refractivity contribution < 1.29 is 48.3 Å². The van der Waals surface area contributed by atoms with Gasteiger partial charge in [-0.15, -0.1) is 0 Å². The van der Waals surface area contributed by atoms with Crippen molar-refractivity contribution in [3.63, 3.8) is 0 Å². The number of nitrogens with zero attached hydrogens (tertiary/aromatic N) is 1. The molecule has 96 heavy (non-hydrogen) atoms. The number of aromatic nitrogens is 4. The van der Waals surface area contributed by atoms with Gasteiger partial charge < -0.3 is 67.6 Å². The molecule has 6 aromatic carbocycles. The first-order valence-electron chi connectivity index (χ1n) is 32.1. The fraction of sp³-hybridized carbons (Fsp3) is 0.257. The van der Waals surface area contributed by atoms with Crippen LogP contribution in [0.3, 0.4) is 0 Å². The number of nitrogens with one attached hydrogen (secondary N) is 10. The first-order valence-corrected chi connectivity index (χ1v) is 32.1. The van der Waals surface area contributed by atoms with Crippen LogP contribution in [0, 0.1) is 11.8 Å². The summed E-state index contributed by atoms with van der Waals surface area (Å²) < 4.78 is 0. The standard InChI is InChI=1S/C74H74N12O10/c75-70(92)61(36-48-40-77-56-23-10-6-19-52(48)56)83-74(96)64(39-51-43-80-59-26-13-9-22-55(51)59)84-71(93)60(31-34-69(90)91)82-73(95)63(38-50-42-79-58-25-12-8-21-54(50)58)85-72(94)62(37-49-41-78-57-24-11-7-20-53(49)57)81-67(88)28-2-1-15-35-76-66(87)32-33-68(89)86-44-47-18-4-3-16-45(47)29-30-46-17-5-14-27-65(46)86/h3-14,16-27,40-43,60-64,77-80H,1-2,15,28,31-39,44H2,(H2,75,92)(H,76,87)(H,81,88)(H,82,95)(H,83,96)(H,84,93)(H,85,94)(H,90,91)/t60-,61-,62-,63-,64-/m0/s1. The van der Waals surface area contributed by atoms with Crippen LogP contribution in [0.5, 0.6) is 0 Å². The summed E-state index contributed by atoms with van der Waals surface area (Å²) in [6, 6.07) is 37.7. The van der Waals surface area contributed by atoms with Gasteiger partial charge in [0.15, 0.2) is 0 Å². The lowest BCUT2D eigenvalue weighted by molar-refractivity contribution is -0.138. The van der Waals surface area contributed by atoms with Gasteiger partial charge in [0.1, 0.15) is 30.2 Å². The van der Waals surface area contributed by atoms with E-state index in [1.54, 1.807) is 29.7 Å². The normalized spacial score (nSPS) is 13.3. The number of primary amides is 1. The lowest BCUT2D eigenvalue weighted by atomic mass is 10.00. The summed E-state index contributed by atoms with van der Waals surface area (Å²) in [4.78, 5) is 140. The Morgan fingerprint density at radius 3 is 1.36 bits per heavy atom. The molecule has 8 amide bonds. The Labute approximate surface area is 552 Å². The van der Waals surface area contributed by atoms with Crippen molar-refractivity contribution in [1.29, 1.82) is 0 Å². The van der Waals surface area contributed by atoms with Crippen LogP contribution in [0.15, 0.2) is 170 Å². The minimum Gasteiger partial charge on any atom is -0.481 e. The summed E-state index contributed by atoms with van der Waals surface area (Å²) in [6.07, 6.45) is 6.99. The third kappa shape index (κ3) is 16.4. The number of carboxylic acid groups (broad SMARTS) is 1. The third-order valence-electron chi connectivity index (χ3n) is 17.4. The van der Waals surface area contributed by atoms with Gasteiger partial charge in [0.2, 0.25) is 47.3 Å². The molecule has 0 spiro atoms. The van der Waals surface area contributed by atoms with Crippen molar-refractivity contribution in [3.05, 3.63) is 209 Å². The molecule has 1 aliphatic heterocycles. The van der Waals surface area contributed by atoms with E-state index in [1.165, 1.54) is 0 Å². The molecule has 490 valence electrons. The van der Waals surface area contributed by atoms with E-state index in [-0.39, 0.29) is 56.8 Å². The molecule has 0 fully saturated rings. The summed E-state index contributed by atoms with van der Waals surface area (Å²) in [7, 11) is 0. The Kier molecular flexibility index (Phi) is 21.1. The Morgan fingerprint density at radius 2 is 0.854 bits per heavy atom. The number of fused-ring (bicyclic) bond motifs is 6. The zero-order valence-electron chi connectivity index (χ0n) is 52.6. The molecule has 11 rings (SSSR count). The number of para-hydroxylation sites is 5. The number of aliphatic carboxylic acids is 1. The van der Waals surface area contributed by atoms with Gasteiger partial charge in [-0.2, -0.15) is 0 Å². The number of carbonyl (C=O) groups is 9. The van der Waals surface area contributed by atoms with Crippen LogP contribution in [0.4, 0.5) is 5.69 Å². The molecule has 5 heterocycles. The van der Waals surface area contributed by atoms with Crippen LogP contribution in [-0.2, 0) is 75.4 Å². The average molecular weight is 1290 g/mol. The highest BCUT2D eigenvalue weighted by Crippen LogP contribution is 2.28. The zero-order valence-corrected chi connectivity index (χ0v) is 52.6. The highest BCUT2D eigenvalue weighted by molar-refractivity contribution is 5.99. The lowest BCUT2D eigenvalue weighted by Crippen LogP contribution is -2.60.